The van der Waals surface area contributed by atoms with Crippen molar-refractivity contribution in [2.24, 2.45) is 0 Å². The van der Waals surface area contributed by atoms with Gasteiger partial charge in [-0.1, -0.05) is 41.9 Å². The fourth-order valence-corrected chi connectivity index (χ4v) is 4.61. The molecule has 1 saturated heterocycles. The van der Waals surface area contributed by atoms with Crippen molar-refractivity contribution < 1.29 is 9.26 Å². The minimum atomic E-state index is -0.146. The predicted molar refractivity (Wildman–Crippen MR) is 117 cm³/mol. The SMILES string of the molecule is CCCCc1noc([C@@H](C)Sc2nc3cc(Cl)ccc3c(=O)n2C[C@@H]2CCCO2)n1. The number of aromatic nitrogens is 4. The first-order chi connectivity index (χ1) is 14.5. The molecule has 0 saturated carbocycles. The highest BCUT2D eigenvalue weighted by Gasteiger charge is 2.23. The zero-order valence-electron chi connectivity index (χ0n) is 17.1. The van der Waals surface area contributed by atoms with Crippen molar-refractivity contribution in [1.29, 1.82) is 0 Å². The minimum absolute atomic E-state index is 0.0213. The molecule has 30 heavy (non-hydrogen) atoms. The highest BCUT2D eigenvalue weighted by molar-refractivity contribution is 7.99. The van der Waals surface area contributed by atoms with Crippen LogP contribution in [-0.2, 0) is 17.7 Å². The van der Waals surface area contributed by atoms with Gasteiger partial charge in [0.05, 0.1) is 28.8 Å². The highest BCUT2D eigenvalue weighted by atomic mass is 35.5. The van der Waals surface area contributed by atoms with Crippen LogP contribution >= 0.6 is 23.4 Å². The van der Waals surface area contributed by atoms with E-state index < -0.39 is 0 Å². The van der Waals surface area contributed by atoms with E-state index in [4.69, 9.17) is 25.8 Å². The molecular formula is C21H25ClN4O3S. The molecule has 1 aliphatic heterocycles. The topological polar surface area (TPSA) is 83.0 Å². The molecule has 0 spiro atoms. The molecule has 2 aromatic heterocycles. The fourth-order valence-electron chi connectivity index (χ4n) is 3.49. The first-order valence-electron chi connectivity index (χ1n) is 10.4. The van der Waals surface area contributed by atoms with Crippen molar-refractivity contribution in [2.45, 2.75) is 69.0 Å². The summed E-state index contributed by atoms with van der Waals surface area (Å²) in [5, 5.41) is 5.63. The molecule has 0 amide bonds. The van der Waals surface area contributed by atoms with Gasteiger partial charge in [-0.15, -0.1) is 0 Å². The smallest absolute Gasteiger partial charge is 0.262 e. The van der Waals surface area contributed by atoms with E-state index >= 15 is 0 Å². The van der Waals surface area contributed by atoms with Gasteiger partial charge in [-0.3, -0.25) is 9.36 Å². The van der Waals surface area contributed by atoms with Gasteiger partial charge in [0.2, 0.25) is 5.89 Å². The largest absolute Gasteiger partial charge is 0.376 e. The van der Waals surface area contributed by atoms with E-state index in [2.05, 4.69) is 17.1 Å². The van der Waals surface area contributed by atoms with Crippen LogP contribution in [-0.4, -0.2) is 32.4 Å². The van der Waals surface area contributed by atoms with Gasteiger partial charge in [0.1, 0.15) is 0 Å². The zero-order valence-corrected chi connectivity index (χ0v) is 18.7. The Labute approximate surface area is 184 Å². The summed E-state index contributed by atoms with van der Waals surface area (Å²) in [6.45, 7) is 5.32. The van der Waals surface area contributed by atoms with E-state index in [1.165, 1.54) is 11.8 Å². The van der Waals surface area contributed by atoms with Gasteiger partial charge in [0.15, 0.2) is 11.0 Å². The molecule has 160 valence electrons. The van der Waals surface area contributed by atoms with Crippen LogP contribution in [0.15, 0.2) is 32.7 Å². The van der Waals surface area contributed by atoms with E-state index in [1.807, 2.05) is 6.92 Å². The van der Waals surface area contributed by atoms with E-state index in [1.54, 1.807) is 22.8 Å². The number of nitrogens with zero attached hydrogens (tertiary/aromatic N) is 4. The maximum atomic E-state index is 13.2. The molecule has 1 fully saturated rings. The third-order valence-electron chi connectivity index (χ3n) is 5.16. The number of hydrogen-bond donors (Lipinski definition) is 0. The number of rotatable bonds is 8. The second kappa shape index (κ2) is 9.49. The Bertz CT molecular complexity index is 1080. The Hall–Kier alpha value is -1.90. The van der Waals surface area contributed by atoms with E-state index in [9.17, 15) is 4.79 Å². The number of benzene rings is 1. The monoisotopic (exact) mass is 448 g/mol. The van der Waals surface area contributed by atoms with Crippen LogP contribution in [0.25, 0.3) is 10.9 Å². The van der Waals surface area contributed by atoms with Crippen molar-refractivity contribution in [3.63, 3.8) is 0 Å². The first-order valence-corrected chi connectivity index (χ1v) is 11.6. The average molecular weight is 449 g/mol. The third-order valence-corrected chi connectivity index (χ3v) is 6.47. The minimum Gasteiger partial charge on any atom is -0.376 e. The molecule has 3 heterocycles. The Morgan fingerprint density at radius 3 is 3.00 bits per heavy atom. The molecular weight excluding hydrogens is 424 g/mol. The van der Waals surface area contributed by atoms with Crippen molar-refractivity contribution >= 4 is 34.3 Å². The molecule has 4 rings (SSSR count). The van der Waals surface area contributed by atoms with Crippen LogP contribution in [0.1, 0.15) is 56.5 Å². The summed E-state index contributed by atoms with van der Waals surface area (Å²) < 4.78 is 12.9. The Kier molecular flexibility index (Phi) is 6.75. The molecule has 0 unspecified atom stereocenters. The molecule has 2 atom stereocenters. The van der Waals surface area contributed by atoms with Gasteiger partial charge in [-0.25, -0.2) is 4.98 Å². The van der Waals surface area contributed by atoms with E-state index in [0.717, 1.165) is 38.7 Å². The van der Waals surface area contributed by atoms with E-state index in [-0.39, 0.29) is 16.9 Å². The quantitative estimate of drug-likeness (QED) is 0.361. The average Bonchev–Trinajstić information content (AvgIpc) is 3.41. The summed E-state index contributed by atoms with van der Waals surface area (Å²) in [7, 11) is 0. The molecule has 3 aromatic rings. The Morgan fingerprint density at radius 2 is 2.23 bits per heavy atom. The number of ether oxygens (including phenoxy) is 1. The van der Waals surface area contributed by atoms with E-state index in [0.29, 0.717) is 39.3 Å². The van der Waals surface area contributed by atoms with Crippen LogP contribution < -0.4 is 5.56 Å². The first kappa shape index (κ1) is 21.3. The van der Waals surface area contributed by atoms with Gasteiger partial charge < -0.3 is 9.26 Å². The lowest BCUT2D eigenvalue weighted by atomic mass is 10.2. The molecule has 1 aromatic carbocycles. The molecule has 0 radical (unpaired) electrons. The number of fused-ring (bicyclic) bond motifs is 1. The lowest BCUT2D eigenvalue weighted by Crippen LogP contribution is -2.29. The van der Waals surface area contributed by atoms with Crippen LogP contribution in [0.4, 0.5) is 0 Å². The number of hydrogen-bond acceptors (Lipinski definition) is 7. The lowest BCUT2D eigenvalue weighted by Gasteiger charge is -2.17. The lowest BCUT2D eigenvalue weighted by molar-refractivity contribution is 0.0937. The summed E-state index contributed by atoms with van der Waals surface area (Å²) >= 11 is 7.57. The van der Waals surface area contributed by atoms with Crippen molar-refractivity contribution in [3.05, 3.63) is 45.3 Å². The normalized spacial score (nSPS) is 17.6. The Balaban J connectivity index is 1.66. The van der Waals surface area contributed by atoms with Crippen molar-refractivity contribution in [1.82, 2.24) is 19.7 Å². The van der Waals surface area contributed by atoms with Crippen molar-refractivity contribution in [3.8, 4) is 0 Å². The Morgan fingerprint density at radius 1 is 1.37 bits per heavy atom. The van der Waals surface area contributed by atoms with Gasteiger partial charge >= 0.3 is 0 Å². The summed E-state index contributed by atoms with van der Waals surface area (Å²) in [5.74, 6) is 1.25. The van der Waals surface area contributed by atoms with Crippen LogP contribution in [0.3, 0.4) is 0 Å². The van der Waals surface area contributed by atoms with Crippen LogP contribution in [0, 0.1) is 0 Å². The van der Waals surface area contributed by atoms with Gasteiger partial charge in [-0.05, 0) is 44.4 Å². The summed E-state index contributed by atoms with van der Waals surface area (Å²) in [4.78, 5) is 22.5. The second-order valence-electron chi connectivity index (χ2n) is 7.52. The van der Waals surface area contributed by atoms with Crippen LogP contribution in [0.2, 0.25) is 5.02 Å². The molecule has 0 N–H and O–H groups in total. The molecule has 0 aliphatic carbocycles. The molecule has 9 heteroatoms. The summed E-state index contributed by atoms with van der Waals surface area (Å²) in [6.07, 6.45) is 4.87. The standard InChI is InChI=1S/C21H25ClN4O3S/c1-3-4-7-18-24-19(29-25-18)13(2)30-21-23-17-11-14(22)8-9-16(17)20(27)26(21)12-15-6-5-10-28-15/h8-9,11,13,15H,3-7,10,12H2,1-2H3/t13-,15+/m1/s1. The van der Waals surface area contributed by atoms with Crippen LogP contribution in [0.5, 0.6) is 0 Å². The van der Waals surface area contributed by atoms with Crippen molar-refractivity contribution in [2.75, 3.05) is 6.61 Å². The number of unbranched alkanes of at least 4 members (excludes halogenated alkanes) is 1. The fraction of sp³-hybridized carbons (Fsp3) is 0.524. The maximum absolute atomic E-state index is 13.2. The predicted octanol–water partition coefficient (Wildman–Crippen LogP) is 4.81. The van der Waals surface area contributed by atoms with Gasteiger partial charge in [-0.2, -0.15) is 4.98 Å². The number of thioether (sulfide) groups is 1. The molecule has 7 nitrogen and oxygen atoms in total. The maximum Gasteiger partial charge on any atom is 0.262 e. The number of aryl methyl sites for hydroxylation is 1. The zero-order chi connectivity index (χ0) is 21.1. The summed E-state index contributed by atoms with van der Waals surface area (Å²) in [5.41, 5.74) is 0.496. The molecule has 1 aliphatic rings. The van der Waals surface area contributed by atoms with Gasteiger partial charge in [0.25, 0.3) is 5.56 Å². The van der Waals surface area contributed by atoms with Gasteiger partial charge in [0, 0.05) is 18.1 Å². The second-order valence-corrected chi connectivity index (χ2v) is 9.26. The summed E-state index contributed by atoms with van der Waals surface area (Å²) in [6, 6.07) is 5.17. The molecule has 0 bridgehead atoms. The number of halogens is 1. The third kappa shape index (κ3) is 4.71. The highest BCUT2D eigenvalue weighted by Crippen LogP contribution is 2.33.